The van der Waals surface area contributed by atoms with E-state index >= 15 is 0 Å². The molecule has 3 aromatic rings. The predicted octanol–water partition coefficient (Wildman–Crippen LogP) is 4.15. The average molecular weight is 371 g/mol. The van der Waals surface area contributed by atoms with Gasteiger partial charge in [-0.15, -0.1) is 0 Å². The molecule has 5 heteroatoms. The molecule has 0 atom stereocenters. The molecule has 1 aromatic heterocycles. The molecule has 1 aliphatic heterocycles. The SMILES string of the molecule is Cc1cccc(NC(=O)c2cccc(C(=O)N3CCc4ccccc43)n2)c1C. The Morgan fingerprint density at radius 1 is 0.929 bits per heavy atom. The first kappa shape index (κ1) is 17.9. The molecule has 2 amide bonds. The van der Waals surface area contributed by atoms with Crippen LogP contribution in [-0.4, -0.2) is 23.3 Å². The lowest BCUT2D eigenvalue weighted by Gasteiger charge is -2.17. The maximum atomic E-state index is 13.0. The van der Waals surface area contributed by atoms with E-state index < -0.39 is 0 Å². The van der Waals surface area contributed by atoms with Crippen LogP contribution in [0.5, 0.6) is 0 Å². The van der Waals surface area contributed by atoms with Crippen molar-refractivity contribution in [3.05, 3.63) is 88.7 Å². The number of aromatic nitrogens is 1. The summed E-state index contributed by atoms with van der Waals surface area (Å²) >= 11 is 0. The van der Waals surface area contributed by atoms with Crippen molar-refractivity contribution in [2.75, 3.05) is 16.8 Å². The predicted molar refractivity (Wildman–Crippen MR) is 110 cm³/mol. The summed E-state index contributed by atoms with van der Waals surface area (Å²) in [7, 11) is 0. The van der Waals surface area contributed by atoms with Crippen molar-refractivity contribution in [3.8, 4) is 0 Å². The molecule has 0 aliphatic carbocycles. The van der Waals surface area contributed by atoms with Crippen molar-refractivity contribution in [2.24, 2.45) is 0 Å². The number of carbonyl (C=O) groups is 2. The highest BCUT2D eigenvalue weighted by molar-refractivity contribution is 6.08. The quantitative estimate of drug-likeness (QED) is 0.752. The Morgan fingerprint density at radius 3 is 2.54 bits per heavy atom. The minimum atomic E-state index is -0.329. The van der Waals surface area contributed by atoms with Gasteiger partial charge in [0.05, 0.1) is 0 Å². The van der Waals surface area contributed by atoms with E-state index in [4.69, 9.17) is 0 Å². The standard InChI is InChI=1S/C23H21N3O2/c1-15-7-5-9-18(16(15)2)25-22(27)19-10-6-11-20(24-19)23(28)26-14-13-17-8-3-4-12-21(17)26/h3-12H,13-14H2,1-2H3,(H,25,27). The number of para-hydroxylation sites is 1. The van der Waals surface area contributed by atoms with Gasteiger partial charge in [0.2, 0.25) is 0 Å². The van der Waals surface area contributed by atoms with Crippen LogP contribution in [0.3, 0.4) is 0 Å². The van der Waals surface area contributed by atoms with E-state index in [1.807, 2.05) is 56.3 Å². The van der Waals surface area contributed by atoms with E-state index in [-0.39, 0.29) is 23.2 Å². The number of hydrogen-bond donors (Lipinski definition) is 1. The lowest BCUT2D eigenvalue weighted by atomic mass is 10.1. The molecule has 140 valence electrons. The normalized spacial score (nSPS) is 12.6. The van der Waals surface area contributed by atoms with Crippen LogP contribution in [-0.2, 0) is 6.42 Å². The zero-order valence-corrected chi connectivity index (χ0v) is 15.9. The van der Waals surface area contributed by atoms with Crippen LogP contribution in [0.2, 0.25) is 0 Å². The molecule has 5 nitrogen and oxygen atoms in total. The second-order valence-electron chi connectivity index (χ2n) is 6.95. The molecule has 1 aliphatic rings. The topological polar surface area (TPSA) is 62.3 Å². The molecule has 0 fully saturated rings. The van der Waals surface area contributed by atoms with Crippen molar-refractivity contribution in [1.82, 2.24) is 4.98 Å². The number of benzene rings is 2. The van der Waals surface area contributed by atoms with E-state index in [0.29, 0.717) is 6.54 Å². The lowest BCUT2D eigenvalue weighted by Crippen LogP contribution is -2.30. The first-order chi connectivity index (χ1) is 13.5. The molecule has 0 bridgehead atoms. The minimum absolute atomic E-state index is 0.189. The van der Waals surface area contributed by atoms with E-state index in [2.05, 4.69) is 10.3 Å². The van der Waals surface area contributed by atoms with Gasteiger partial charge in [0.1, 0.15) is 11.4 Å². The molecule has 0 saturated carbocycles. The summed E-state index contributed by atoms with van der Waals surface area (Å²) in [5.74, 6) is -0.517. The van der Waals surface area contributed by atoms with Gasteiger partial charge in [0, 0.05) is 17.9 Å². The molecule has 4 rings (SSSR count). The van der Waals surface area contributed by atoms with Crippen LogP contribution in [0.4, 0.5) is 11.4 Å². The monoisotopic (exact) mass is 371 g/mol. The van der Waals surface area contributed by atoms with Crippen LogP contribution < -0.4 is 10.2 Å². The summed E-state index contributed by atoms with van der Waals surface area (Å²) in [6, 6.07) is 18.6. The van der Waals surface area contributed by atoms with E-state index in [0.717, 1.165) is 34.5 Å². The Hall–Kier alpha value is -3.47. The third kappa shape index (κ3) is 3.27. The van der Waals surface area contributed by atoms with E-state index in [1.165, 1.54) is 0 Å². The lowest BCUT2D eigenvalue weighted by molar-refractivity contribution is 0.0984. The summed E-state index contributed by atoms with van der Waals surface area (Å²) in [6.07, 6.45) is 0.828. The van der Waals surface area contributed by atoms with Crippen LogP contribution in [0.25, 0.3) is 0 Å². The van der Waals surface area contributed by atoms with Gasteiger partial charge >= 0.3 is 0 Å². The Morgan fingerprint density at radius 2 is 1.68 bits per heavy atom. The second kappa shape index (κ2) is 7.27. The van der Waals surface area contributed by atoms with Crippen molar-refractivity contribution < 1.29 is 9.59 Å². The van der Waals surface area contributed by atoms with Gasteiger partial charge in [-0.05, 0) is 61.2 Å². The van der Waals surface area contributed by atoms with Crippen molar-refractivity contribution >= 4 is 23.2 Å². The fourth-order valence-electron chi connectivity index (χ4n) is 3.44. The van der Waals surface area contributed by atoms with E-state index in [9.17, 15) is 9.59 Å². The molecule has 0 saturated heterocycles. The van der Waals surface area contributed by atoms with E-state index in [1.54, 1.807) is 23.1 Å². The molecule has 2 heterocycles. The van der Waals surface area contributed by atoms with Crippen molar-refractivity contribution in [3.63, 3.8) is 0 Å². The van der Waals surface area contributed by atoms with Gasteiger partial charge in [0.15, 0.2) is 0 Å². The Balaban J connectivity index is 1.57. The van der Waals surface area contributed by atoms with Gasteiger partial charge in [-0.2, -0.15) is 0 Å². The average Bonchev–Trinajstić information content (AvgIpc) is 3.15. The fraction of sp³-hybridized carbons (Fsp3) is 0.174. The largest absolute Gasteiger partial charge is 0.320 e. The van der Waals surface area contributed by atoms with Gasteiger partial charge in [0.25, 0.3) is 11.8 Å². The summed E-state index contributed by atoms with van der Waals surface area (Å²) in [5, 5.41) is 2.89. The molecule has 0 spiro atoms. The minimum Gasteiger partial charge on any atom is -0.320 e. The first-order valence-electron chi connectivity index (χ1n) is 9.29. The zero-order valence-electron chi connectivity index (χ0n) is 15.9. The first-order valence-corrected chi connectivity index (χ1v) is 9.29. The third-order valence-electron chi connectivity index (χ3n) is 5.19. The second-order valence-corrected chi connectivity index (χ2v) is 6.95. The number of hydrogen-bond acceptors (Lipinski definition) is 3. The molecule has 28 heavy (non-hydrogen) atoms. The van der Waals surface area contributed by atoms with Crippen LogP contribution in [0, 0.1) is 13.8 Å². The van der Waals surface area contributed by atoms with Crippen LogP contribution >= 0.6 is 0 Å². The summed E-state index contributed by atoms with van der Waals surface area (Å²) in [4.78, 5) is 31.7. The number of nitrogens with one attached hydrogen (secondary N) is 1. The number of rotatable bonds is 3. The molecular weight excluding hydrogens is 350 g/mol. The number of fused-ring (bicyclic) bond motifs is 1. The molecule has 2 aromatic carbocycles. The van der Waals surface area contributed by atoms with Gasteiger partial charge in [-0.1, -0.05) is 36.4 Å². The van der Waals surface area contributed by atoms with Gasteiger partial charge in [-0.25, -0.2) is 4.98 Å². The fourth-order valence-corrected chi connectivity index (χ4v) is 3.44. The number of carbonyl (C=O) groups excluding carboxylic acids is 2. The van der Waals surface area contributed by atoms with Crippen LogP contribution in [0.1, 0.15) is 37.7 Å². The highest BCUT2D eigenvalue weighted by Crippen LogP contribution is 2.28. The van der Waals surface area contributed by atoms with Gasteiger partial charge in [-0.3, -0.25) is 9.59 Å². The third-order valence-corrected chi connectivity index (χ3v) is 5.19. The highest BCUT2D eigenvalue weighted by atomic mass is 16.2. The number of anilines is 2. The maximum absolute atomic E-state index is 13.0. The summed E-state index contributed by atoms with van der Waals surface area (Å²) in [5.41, 5.74) is 5.42. The highest BCUT2D eigenvalue weighted by Gasteiger charge is 2.26. The zero-order chi connectivity index (χ0) is 19.7. The van der Waals surface area contributed by atoms with Crippen molar-refractivity contribution in [1.29, 1.82) is 0 Å². The summed E-state index contributed by atoms with van der Waals surface area (Å²) in [6.45, 7) is 4.58. The van der Waals surface area contributed by atoms with Gasteiger partial charge < -0.3 is 10.2 Å². The summed E-state index contributed by atoms with van der Waals surface area (Å²) < 4.78 is 0. The number of aryl methyl sites for hydroxylation is 1. The van der Waals surface area contributed by atoms with Crippen molar-refractivity contribution in [2.45, 2.75) is 20.3 Å². The molecule has 0 radical (unpaired) electrons. The van der Waals surface area contributed by atoms with Crippen LogP contribution in [0.15, 0.2) is 60.7 Å². The number of pyridine rings is 1. The smallest absolute Gasteiger partial charge is 0.276 e. The molecular formula is C23H21N3O2. The Labute approximate surface area is 164 Å². The Bertz CT molecular complexity index is 1070. The Kier molecular flexibility index (Phi) is 4.65. The molecule has 1 N–H and O–H groups in total. The maximum Gasteiger partial charge on any atom is 0.276 e. The number of amides is 2. The molecule has 0 unspecified atom stereocenters. The number of nitrogens with zero attached hydrogens (tertiary/aromatic N) is 2.